The number of benzene rings is 2. The normalized spacial score (nSPS) is 23.8. The highest BCUT2D eigenvalue weighted by molar-refractivity contribution is 6.30. The number of ether oxygens (including phenoxy) is 1. The van der Waals surface area contributed by atoms with E-state index in [1.165, 1.54) is 11.1 Å². The lowest BCUT2D eigenvalue weighted by Gasteiger charge is -2.39. The average Bonchev–Trinajstić information content (AvgIpc) is 2.67. The van der Waals surface area contributed by atoms with E-state index in [4.69, 9.17) is 22.1 Å². The van der Waals surface area contributed by atoms with Crippen LogP contribution in [0.25, 0.3) is 6.08 Å². The molecule has 2 aromatic rings. The van der Waals surface area contributed by atoms with Crippen molar-refractivity contribution in [3.8, 4) is 0 Å². The molecule has 2 nitrogen and oxygen atoms in total. The molecule has 2 N–H and O–H groups in total. The van der Waals surface area contributed by atoms with Crippen LogP contribution in [0.3, 0.4) is 0 Å². The van der Waals surface area contributed by atoms with Gasteiger partial charge in [0.15, 0.2) is 0 Å². The standard InChI is InChI=1S/C22H26ClNO/c23-20-10-8-19(9-11-20)22(17-24)14-12-21(13-15-22)25-16-4-7-18-5-2-1-3-6-18/h1-11,21H,12-17,24H2/b7-4+. The van der Waals surface area contributed by atoms with Gasteiger partial charge in [0.2, 0.25) is 0 Å². The maximum Gasteiger partial charge on any atom is 0.0654 e. The van der Waals surface area contributed by atoms with Crippen molar-refractivity contribution in [1.82, 2.24) is 0 Å². The molecule has 25 heavy (non-hydrogen) atoms. The van der Waals surface area contributed by atoms with Gasteiger partial charge < -0.3 is 10.5 Å². The monoisotopic (exact) mass is 355 g/mol. The lowest BCUT2D eigenvalue weighted by atomic mass is 9.69. The van der Waals surface area contributed by atoms with Crippen LogP contribution in [-0.4, -0.2) is 19.3 Å². The van der Waals surface area contributed by atoms with Crippen LogP contribution in [0.1, 0.15) is 36.8 Å². The molecule has 0 spiro atoms. The molecule has 3 rings (SSSR count). The van der Waals surface area contributed by atoms with Crippen LogP contribution in [-0.2, 0) is 10.2 Å². The van der Waals surface area contributed by atoms with Gasteiger partial charge in [-0.15, -0.1) is 0 Å². The smallest absolute Gasteiger partial charge is 0.0654 e. The fourth-order valence-electron chi connectivity index (χ4n) is 3.66. The van der Waals surface area contributed by atoms with Gasteiger partial charge in [-0.05, 0) is 48.9 Å². The summed E-state index contributed by atoms with van der Waals surface area (Å²) in [5.41, 5.74) is 8.74. The molecule has 1 fully saturated rings. The zero-order chi connectivity index (χ0) is 17.5. The van der Waals surface area contributed by atoms with Gasteiger partial charge in [-0.3, -0.25) is 0 Å². The topological polar surface area (TPSA) is 35.2 Å². The highest BCUT2D eigenvalue weighted by Crippen LogP contribution is 2.39. The minimum Gasteiger partial charge on any atom is -0.374 e. The molecule has 132 valence electrons. The molecule has 2 aromatic carbocycles. The molecule has 0 aliphatic heterocycles. The molecule has 0 atom stereocenters. The molecule has 1 saturated carbocycles. The summed E-state index contributed by atoms with van der Waals surface area (Å²) in [4.78, 5) is 0. The lowest BCUT2D eigenvalue weighted by Crippen LogP contribution is -2.40. The van der Waals surface area contributed by atoms with E-state index in [-0.39, 0.29) is 5.41 Å². The third kappa shape index (κ3) is 4.72. The summed E-state index contributed by atoms with van der Waals surface area (Å²) in [6, 6.07) is 18.5. The van der Waals surface area contributed by atoms with Gasteiger partial charge in [0.1, 0.15) is 0 Å². The van der Waals surface area contributed by atoms with Crippen LogP contribution in [0.2, 0.25) is 5.02 Å². The first kappa shape index (κ1) is 18.2. The van der Waals surface area contributed by atoms with Gasteiger partial charge in [-0.25, -0.2) is 0 Å². The Kier molecular flexibility index (Phi) is 6.30. The molecule has 0 heterocycles. The average molecular weight is 356 g/mol. The molecular weight excluding hydrogens is 330 g/mol. The summed E-state index contributed by atoms with van der Waals surface area (Å²) >= 11 is 6.02. The van der Waals surface area contributed by atoms with Crippen LogP contribution >= 0.6 is 11.6 Å². The Morgan fingerprint density at radius 2 is 1.72 bits per heavy atom. The molecular formula is C22H26ClNO. The SMILES string of the molecule is NCC1(c2ccc(Cl)cc2)CCC(OC/C=C/c2ccccc2)CC1. The van der Waals surface area contributed by atoms with Crippen molar-refractivity contribution in [3.05, 3.63) is 76.8 Å². The molecule has 3 heteroatoms. The Morgan fingerprint density at radius 1 is 1.04 bits per heavy atom. The predicted octanol–water partition coefficient (Wildman–Crippen LogP) is 5.21. The van der Waals surface area contributed by atoms with E-state index in [0.29, 0.717) is 19.3 Å². The molecule has 0 amide bonds. The molecule has 0 radical (unpaired) electrons. The van der Waals surface area contributed by atoms with Crippen molar-refractivity contribution in [1.29, 1.82) is 0 Å². The summed E-state index contributed by atoms with van der Waals surface area (Å²) in [5.74, 6) is 0. The van der Waals surface area contributed by atoms with E-state index in [1.807, 2.05) is 30.3 Å². The van der Waals surface area contributed by atoms with Gasteiger partial charge in [0.05, 0.1) is 12.7 Å². The molecule has 0 aromatic heterocycles. The van der Waals surface area contributed by atoms with Gasteiger partial charge in [0.25, 0.3) is 0 Å². The minimum atomic E-state index is 0.0737. The van der Waals surface area contributed by atoms with Crippen molar-refractivity contribution < 1.29 is 4.74 Å². The van der Waals surface area contributed by atoms with Crippen LogP contribution in [0.5, 0.6) is 0 Å². The second kappa shape index (κ2) is 8.66. The van der Waals surface area contributed by atoms with E-state index in [1.54, 1.807) is 0 Å². The summed E-state index contributed by atoms with van der Waals surface area (Å²) in [7, 11) is 0. The quantitative estimate of drug-likeness (QED) is 0.772. The van der Waals surface area contributed by atoms with E-state index in [2.05, 4.69) is 36.4 Å². The minimum absolute atomic E-state index is 0.0737. The van der Waals surface area contributed by atoms with Crippen molar-refractivity contribution in [2.45, 2.75) is 37.2 Å². The summed E-state index contributed by atoms with van der Waals surface area (Å²) in [6.45, 7) is 1.34. The van der Waals surface area contributed by atoms with E-state index in [9.17, 15) is 0 Å². The highest BCUT2D eigenvalue weighted by Gasteiger charge is 2.35. The number of rotatable bonds is 6. The fourth-order valence-corrected chi connectivity index (χ4v) is 3.79. The first-order valence-corrected chi connectivity index (χ1v) is 9.39. The number of hydrogen-bond donors (Lipinski definition) is 1. The number of hydrogen-bond acceptors (Lipinski definition) is 2. The molecule has 0 bridgehead atoms. The Balaban J connectivity index is 1.50. The maximum atomic E-state index is 6.15. The summed E-state index contributed by atoms with van der Waals surface area (Å²) in [5, 5.41) is 0.776. The Labute approximate surface area is 155 Å². The summed E-state index contributed by atoms with van der Waals surface area (Å²) in [6.07, 6.45) is 8.78. The highest BCUT2D eigenvalue weighted by atomic mass is 35.5. The van der Waals surface area contributed by atoms with Gasteiger partial charge in [-0.2, -0.15) is 0 Å². The van der Waals surface area contributed by atoms with Crippen molar-refractivity contribution in [2.24, 2.45) is 5.73 Å². The largest absolute Gasteiger partial charge is 0.374 e. The van der Waals surface area contributed by atoms with Gasteiger partial charge in [-0.1, -0.05) is 66.2 Å². The zero-order valence-corrected chi connectivity index (χ0v) is 15.3. The van der Waals surface area contributed by atoms with Crippen LogP contribution in [0, 0.1) is 0 Å². The first-order chi connectivity index (χ1) is 12.2. The molecule has 1 aliphatic rings. The summed E-state index contributed by atoms with van der Waals surface area (Å²) < 4.78 is 6.05. The van der Waals surface area contributed by atoms with Crippen molar-refractivity contribution in [2.75, 3.05) is 13.2 Å². The van der Waals surface area contributed by atoms with Gasteiger partial charge in [0, 0.05) is 17.0 Å². The Bertz CT molecular complexity index is 673. The second-order valence-electron chi connectivity index (χ2n) is 6.84. The van der Waals surface area contributed by atoms with Crippen LogP contribution < -0.4 is 5.73 Å². The van der Waals surface area contributed by atoms with E-state index >= 15 is 0 Å². The van der Waals surface area contributed by atoms with Crippen molar-refractivity contribution >= 4 is 17.7 Å². The van der Waals surface area contributed by atoms with Gasteiger partial charge >= 0.3 is 0 Å². The van der Waals surface area contributed by atoms with E-state index in [0.717, 1.165) is 30.7 Å². The van der Waals surface area contributed by atoms with E-state index < -0.39 is 0 Å². The molecule has 1 aliphatic carbocycles. The maximum absolute atomic E-state index is 6.15. The van der Waals surface area contributed by atoms with Crippen molar-refractivity contribution in [3.63, 3.8) is 0 Å². The molecule has 0 unspecified atom stereocenters. The third-order valence-corrected chi connectivity index (χ3v) is 5.53. The third-order valence-electron chi connectivity index (χ3n) is 5.28. The fraction of sp³-hybridized carbons (Fsp3) is 0.364. The zero-order valence-electron chi connectivity index (χ0n) is 14.5. The second-order valence-corrected chi connectivity index (χ2v) is 7.27. The van der Waals surface area contributed by atoms with Crippen LogP contribution in [0.4, 0.5) is 0 Å². The Morgan fingerprint density at radius 3 is 2.36 bits per heavy atom. The number of halogens is 1. The molecule has 0 saturated heterocycles. The Hall–Kier alpha value is -1.61. The lowest BCUT2D eigenvalue weighted by molar-refractivity contribution is 0.0290. The predicted molar refractivity (Wildman–Crippen MR) is 106 cm³/mol. The van der Waals surface area contributed by atoms with Crippen LogP contribution in [0.15, 0.2) is 60.7 Å². The first-order valence-electron chi connectivity index (χ1n) is 9.01. The number of nitrogens with two attached hydrogens (primary N) is 1.